The molecular weight excluding hydrogens is 198 g/mol. The average molecular weight is 221 g/mol. The topological polar surface area (TPSA) is 29.9 Å². The molecule has 16 heavy (non-hydrogen) atoms. The van der Waals surface area contributed by atoms with Crippen LogP contribution >= 0.6 is 0 Å². The molecule has 1 aromatic rings. The Hall–Kier alpha value is -0.830. The molecule has 0 radical (unpaired) electrons. The second-order valence-corrected chi connectivity index (χ2v) is 5.02. The molecular formula is C13H23N3. The van der Waals surface area contributed by atoms with Gasteiger partial charge in [0.15, 0.2) is 0 Å². The molecule has 2 rings (SSSR count). The monoisotopic (exact) mass is 221 g/mol. The van der Waals surface area contributed by atoms with Gasteiger partial charge < -0.3 is 9.88 Å². The van der Waals surface area contributed by atoms with E-state index >= 15 is 0 Å². The van der Waals surface area contributed by atoms with Crippen LogP contribution < -0.4 is 5.32 Å². The van der Waals surface area contributed by atoms with Crippen LogP contribution in [-0.4, -0.2) is 16.1 Å². The number of rotatable bonds is 6. The zero-order chi connectivity index (χ0) is 11.5. The molecule has 2 atom stereocenters. The van der Waals surface area contributed by atoms with Gasteiger partial charge in [0.25, 0.3) is 0 Å². The summed E-state index contributed by atoms with van der Waals surface area (Å²) in [5.41, 5.74) is 0. The second-order valence-electron chi connectivity index (χ2n) is 5.02. The van der Waals surface area contributed by atoms with Crippen molar-refractivity contribution in [1.82, 2.24) is 14.9 Å². The Morgan fingerprint density at radius 1 is 1.56 bits per heavy atom. The van der Waals surface area contributed by atoms with Gasteiger partial charge in [0.2, 0.25) is 0 Å². The molecule has 1 aliphatic carbocycles. The van der Waals surface area contributed by atoms with Crippen LogP contribution in [0.3, 0.4) is 0 Å². The average Bonchev–Trinajstić information content (AvgIpc) is 3.04. The lowest BCUT2D eigenvalue weighted by atomic mass is 9.95. The van der Waals surface area contributed by atoms with Gasteiger partial charge in [-0.3, -0.25) is 0 Å². The molecule has 2 unspecified atom stereocenters. The predicted octanol–water partition coefficient (Wildman–Crippen LogP) is 2.51. The lowest BCUT2D eigenvalue weighted by Crippen LogP contribution is -2.30. The van der Waals surface area contributed by atoms with Gasteiger partial charge in [0.1, 0.15) is 5.82 Å². The molecule has 1 saturated carbocycles. The van der Waals surface area contributed by atoms with Gasteiger partial charge in [-0.1, -0.05) is 13.8 Å². The van der Waals surface area contributed by atoms with Gasteiger partial charge in [-0.2, -0.15) is 0 Å². The van der Waals surface area contributed by atoms with E-state index in [1.807, 2.05) is 12.4 Å². The van der Waals surface area contributed by atoms with Crippen LogP contribution in [0.4, 0.5) is 0 Å². The lowest BCUT2D eigenvalue weighted by molar-refractivity contribution is 0.331. The fourth-order valence-electron chi connectivity index (χ4n) is 2.38. The summed E-state index contributed by atoms with van der Waals surface area (Å²) < 4.78 is 2.15. The third-order valence-corrected chi connectivity index (χ3v) is 3.64. The fraction of sp³-hybridized carbons (Fsp3) is 0.769. The van der Waals surface area contributed by atoms with Crippen LogP contribution in [0.25, 0.3) is 0 Å². The smallest absolute Gasteiger partial charge is 0.125 e. The summed E-state index contributed by atoms with van der Waals surface area (Å²) in [6.07, 6.45) is 7.91. The Morgan fingerprint density at radius 3 is 2.81 bits per heavy atom. The molecule has 0 saturated heterocycles. The highest BCUT2D eigenvalue weighted by Crippen LogP contribution is 2.42. The van der Waals surface area contributed by atoms with Crippen molar-refractivity contribution in [3.05, 3.63) is 18.2 Å². The number of imidazole rings is 1. The van der Waals surface area contributed by atoms with E-state index < -0.39 is 0 Å². The van der Waals surface area contributed by atoms with Gasteiger partial charge in [-0.25, -0.2) is 4.98 Å². The van der Waals surface area contributed by atoms with Crippen LogP contribution in [0.5, 0.6) is 0 Å². The Bertz CT molecular complexity index is 328. The molecule has 1 fully saturated rings. The van der Waals surface area contributed by atoms with Crippen LogP contribution in [-0.2, 0) is 7.05 Å². The van der Waals surface area contributed by atoms with Crippen LogP contribution in [0, 0.1) is 11.8 Å². The number of nitrogens with zero attached hydrogens (tertiary/aromatic N) is 2. The third-order valence-electron chi connectivity index (χ3n) is 3.64. The highest BCUT2D eigenvalue weighted by atomic mass is 15.1. The van der Waals surface area contributed by atoms with Gasteiger partial charge in [0, 0.05) is 19.4 Å². The Labute approximate surface area is 98.3 Å². The summed E-state index contributed by atoms with van der Waals surface area (Å²) in [4.78, 5) is 4.50. The van der Waals surface area contributed by atoms with Gasteiger partial charge in [-0.15, -0.1) is 0 Å². The van der Waals surface area contributed by atoms with Gasteiger partial charge in [-0.05, 0) is 37.6 Å². The first kappa shape index (κ1) is 11.6. The van der Waals surface area contributed by atoms with E-state index in [0.717, 1.165) is 12.5 Å². The van der Waals surface area contributed by atoms with Crippen LogP contribution in [0.1, 0.15) is 45.0 Å². The maximum atomic E-state index is 4.50. The summed E-state index contributed by atoms with van der Waals surface area (Å²) in [6, 6.07) is 0.424. The highest BCUT2D eigenvalue weighted by Gasteiger charge is 2.35. The lowest BCUT2D eigenvalue weighted by Gasteiger charge is -2.24. The SMILES string of the molecule is CCCNC(c1nccn1C)C(C)C1CC1. The molecule has 1 N–H and O–H groups in total. The van der Waals surface area contributed by atoms with Crippen molar-refractivity contribution >= 4 is 0 Å². The molecule has 3 heteroatoms. The van der Waals surface area contributed by atoms with E-state index in [-0.39, 0.29) is 0 Å². The van der Waals surface area contributed by atoms with Crippen molar-refractivity contribution in [3.8, 4) is 0 Å². The summed E-state index contributed by atoms with van der Waals surface area (Å²) in [5.74, 6) is 2.80. The Balaban J connectivity index is 2.10. The largest absolute Gasteiger partial charge is 0.337 e. The van der Waals surface area contributed by atoms with Crippen molar-refractivity contribution in [2.45, 2.75) is 39.2 Å². The normalized spacial score (nSPS) is 19.7. The molecule has 3 nitrogen and oxygen atoms in total. The quantitative estimate of drug-likeness (QED) is 0.800. The van der Waals surface area contributed by atoms with Crippen molar-refractivity contribution in [1.29, 1.82) is 0 Å². The van der Waals surface area contributed by atoms with Crippen LogP contribution in [0.15, 0.2) is 12.4 Å². The minimum absolute atomic E-state index is 0.424. The second kappa shape index (κ2) is 5.00. The van der Waals surface area contributed by atoms with E-state index in [1.54, 1.807) is 0 Å². The first-order valence-corrected chi connectivity index (χ1v) is 6.44. The Morgan fingerprint density at radius 2 is 2.31 bits per heavy atom. The molecule has 0 aromatic carbocycles. The van der Waals surface area contributed by atoms with E-state index in [2.05, 4.69) is 35.8 Å². The van der Waals surface area contributed by atoms with E-state index in [4.69, 9.17) is 0 Å². The number of hydrogen-bond donors (Lipinski definition) is 1. The highest BCUT2D eigenvalue weighted by molar-refractivity contribution is 5.03. The van der Waals surface area contributed by atoms with Crippen molar-refractivity contribution in [3.63, 3.8) is 0 Å². The molecule has 0 aliphatic heterocycles. The first-order valence-electron chi connectivity index (χ1n) is 6.44. The maximum Gasteiger partial charge on any atom is 0.125 e. The predicted molar refractivity (Wildman–Crippen MR) is 66.1 cm³/mol. The maximum absolute atomic E-state index is 4.50. The third kappa shape index (κ3) is 2.46. The summed E-state index contributed by atoms with van der Waals surface area (Å²) in [7, 11) is 2.09. The van der Waals surface area contributed by atoms with E-state index in [0.29, 0.717) is 12.0 Å². The van der Waals surface area contributed by atoms with E-state index in [1.165, 1.54) is 25.1 Å². The van der Waals surface area contributed by atoms with Gasteiger partial charge >= 0.3 is 0 Å². The molecule has 1 aromatic heterocycles. The molecule has 0 spiro atoms. The molecule has 0 bridgehead atoms. The summed E-state index contributed by atoms with van der Waals surface area (Å²) in [5, 5.41) is 3.65. The fourth-order valence-corrected chi connectivity index (χ4v) is 2.38. The zero-order valence-electron chi connectivity index (χ0n) is 10.6. The first-order chi connectivity index (χ1) is 7.74. The molecule has 0 amide bonds. The van der Waals surface area contributed by atoms with Crippen LogP contribution in [0.2, 0.25) is 0 Å². The van der Waals surface area contributed by atoms with Crippen molar-refractivity contribution in [2.24, 2.45) is 18.9 Å². The minimum Gasteiger partial charge on any atom is -0.337 e. The molecule has 90 valence electrons. The zero-order valence-corrected chi connectivity index (χ0v) is 10.6. The summed E-state index contributed by atoms with van der Waals surface area (Å²) in [6.45, 7) is 5.65. The van der Waals surface area contributed by atoms with Gasteiger partial charge in [0.05, 0.1) is 6.04 Å². The Kier molecular flexibility index (Phi) is 3.64. The summed E-state index contributed by atoms with van der Waals surface area (Å²) >= 11 is 0. The number of hydrogen-bond acceptors (Lipinski definition) is 2. The molecule has 1 aliphatic rings. The molecule has 1 heterocycles. The number of aryl methyl sites for hydroxylation is 1. The minimum atomic E-state index is 0.424. The van der Waals surface area contributed by atoms with Crippen molar-refractivity contribution in [2.75, 3.05) is 6.54 Å². The number of aromatic nitrogens is 2. The standard InChI is InChI=1S/C13H23N3/c1-4-7-14-12(10(2)11-5-6-11)13-15-8-9-16(13)3/h8-12,14H,4-7H2,1-3H3. The number of nitrogens with one attached hydrogen (secondary N) is 1. The van der Waals surface area contributed by atoms with Crippen molar-refractivity contribution < 1.29 is 0 Å². The van der Waals surface area contributed by atoms with E-state index in [9.17, 15) is 0 Å².